The number of aromatic nitrogens is 2. The molecule has 0 aromatic carbocycles. The molecule has 1 N–H and O–H groups in total. The molecule has 4 heteroatoms. The highest BCUT2D eigenvalue weighted by atomic mass is 16.5. The highest BCUT2D eigenvalue weighted by molar-refractivity contribution is 5.29. The summed E-state index contributed by atoms with van der Waals surface area (Å²) in [6.45, 7) is 3.14. The Hall–Kier alpha value is -1.03. The van der Waals surface area contributed by atoms with Crippen molar-refractivity contribution in [1.82, 2.24) is 15.1 Å². The molecule has 0 spiro atoms. The molecule has 1 saturated carbocycles. The van der Waals surface area contributed by atoms with Crippen molar-refractivity contribution < 1.29 is 4.74 Å². The highest BCUT2D eigenvalue weighted by Gasteiger charge is 2.30. The lowest BCUT2D eigenvalue weighted by molar-refractivity contribution is 0.335. The van der Waals surface area contributed by atoms with Crippen LogP contribution < -0.4 is 10.1 Å². The maximum absolute atomic E-state index is 5.43. The summed E-state index contributed by atoms with van der Waals surface area (Å²) in [4.78, 5) is 0. The van der Waals surface area contributed by atoms with Gasteiger partial charge in [-0.05, 0) is 25.3 Å². The third-order valence-electron chi connectivity index (χ3n) is 3.76. The van der Waals surface area contributed by atoms with Gasteiger partial charge in [0.15, 0.2) is 5.75 Å². The van der Waals surface area contributed by atoms with Gasteiger partial charge in [-0.15, -0.1) is 0 Å². The molecule has 1 aromatic heterocycles. The Morgan fingerprint density at radius 2 is 2.24 bits per heavy atom. The Morgan fingerprint density at radius 3 is 2.82 bits per heavy atom. The van der Waals surface area contributed by atoms with Crippen LogP contribution >= 0.6 is 0 Å². The van der Waals surface area contributed by atoms with Crippen molar-refractivity contribution in [1.29, 1.82) is 0 Å². The number of ether oxygens (including phenoxy) is 1. The largest absolute Gasteiger partial charge is 0.493 e. The average molecular weight is 237 g/mol. The van der Waals surface area contributed by atoms with E-state index in [9.17, 15) is 0 Å². The highest BCUT2D eigenvalue weighted by Crippen LogP contribution is 2.38. The molecule has 96 valence electrons. The van der Waals surface area contributed by atoms with Crippen LogP contribution in [0, 0.1) is 5.92 Å². The van der Waals surface area contributed by atoms with Gasteiger partial charge in [0, 0.05) is 7.05 Å². The summed E-state index contributed by atoms with van der Waals surface area (Å²) in [5, 5.41) is 7.92. The summed E-state index contributed by atoms with van der Waals surface area (Å²) in [5.74, 6) is 1.63. The Bertz CT molecular complexity index is 356. The van der Waals surface area contributed by atoms with E-state index in [1.165, 1.54) is 31.4 Å². The predicted octanol–water partition coefficient (Wildman–Crippen LogP) is 2.27. The van der Waals surface area contributed by atoms with Crippen LogP contribution in [0.1, 0.15) is 44.3 Å². The monoisotopic (exact) mass is 237 g/mol. The lowest BCUT2D eigenvalue weighted by Crippen LogP contribution is -2.29. The van der Waals surface area contributed by atoms with Crippen molar-refractivity contribution in [3.05, 3.63) is 11.9 Å². The van der Waals surface area contributed by atoms with Crippen molar-refractivity contribution in [3.8, 4) is 5.75 Å². The molecule has 0 saturated heterocycles. The minimum Gasteiger partial charge on any atom is -0.493 e. The fourth-order valence-corrected chi connectivity index (χ4v) is 2.94. The normalized spacial score (nSPS) is 18.5. The van der Waals surface area contributed by atoms with E-state index < -0.39 is 0 Å². The molecule has 0 bridgehead atoms. The molecular formula is C13H23N3O. The summed E-state index contributed by atoms with van der Waals surface area (Å²) in [5.41, 5.74) is 1.20. The maximum atomic E-state index is 5.43. The lowest BCUT2D eigenvalue weighted by atomic mass is 9.94. The van der Waals surface area contributed by atoms with Crippen molar-refractivity contribution in [2.75, 3.05) is 13.7 Å². The van der Waals surface area contributed by atoms with Gasteiger partial charge in [-0.2, -0.15) is 5.10 Å². The van der Waals surface area contributed by atoms with Gasteiger partial charge in [-0.25, -0.2) is 0 Å². The number of aryl methyl sites for hydroxylation is 1. The number of rotatable bonds is 5. The van der Waals surface area contributed by atoms with Gasteiger partial charge in [0.05, 0.1) is 25.0 Å². The molecule has 0 amide bonds. The van der Waals surface area contributed by atoms with E-state index in [0.717, 1.165) is 18.2 Å². The smallest absolute Gasteiger partial charge is 0.161 e. The first kappa shape index (κ1) is 12.4. The molecule has 17 heavy (non-hydrogen) atoms. The van der Waals surface area contributed by atoms with Crippen molar-refractivity contribution in [2.24, 2.45) is 13.0 Å². The van der Waals surface area contributed by atoms with E-state index in [4.69, 9.17) is 4.74 Å². The predicted molar refractivity (Wildman–Crippen MR) is 68.1 cm³/mol. The first-order chi connectivity index (χ1) is 8.27. The molecule has 1 unspecified atom stereocenters. The minimum atomic E-state index is 0.380. The van der Waals surface area contributed by atoms with Gasteiger partial charge < -0.3 is 10.1 Å². The number of nitrogens with zero attached hydrogens (tertiary/aromatic N) is 2. The lowest BCUT2D eigenvalue weighted by Gasteiger charge is -2.25. The van der Waals surface area contributed by atoms with Gasteiger partial charge in [0.25, 0.3) is 0 Å². The summed E-state index contributed by atoms with van der Waals surface area (Å²) in [7, 11) is 3.72. The van der Waals surface area contributed by atoms with Crippen LogP contribution in [0.25, 0.3) is 0 Å². The van der Waals surface area contributed by atoms with E-state index in [0.29, 0.717) is 6.04 Å². The van der Waals surface area contributed by atoms with E-state index in [-0.39, 0.29) is 0 Å². The van der Waals surface area contributed by atoms with Crippen LogP contribution in [0.3, 0.4) is 0 Å². The fraction of sp³-hybridized carbons (Fsp3) is 0.769. The number of hydrogen-bond acceptors (Lipinski definition) is 3. The number of nitrogens with one attached hydrogen (secondary N) is 1. The van der Waals surface area contributed by atoms with Crippen molar-refractivity contribution in [2.45, 2.75) is 38.6 Å². The topological polar surface area (TPSA) is 39.1 Å². The quantitative estimate of drug-likeness (QED) is 0.854. The number of methoxy groups -OCH3 is 1. The molecule has 1 aromatic rings. The third-order valence-corrected chi connectivity index (χ3v) is 3.76. The molecule has 4 nitrogen and oxygen atoms in total. The Balaban J connectivity index is 2.27. The van der Waals surface area contributed by atoms with E-state index in [2.05, 4.69) is 17.3 Å². The van der Waals surface area contributed by atoms with Gasteiger partial charge in [-0.1, -0.05) is 19.8 Å². The van der Waals surface area contributed by atoms with E-state index >= 15 is 0 Å². The SMILES string of the molecule is CCNC(c1c(OC)cnn1C)C1CCCC1. The molecule has 2 rings (SSSR count). The average Bonchev–Trinajstić information content (AvgIpc) is 2.95. The van der Waals surface area contributed by atoms with Crippen LogP contribution in [0.2, 0.25) is 0 Å². The molecule has 1 aliphatic carbocycles. The van der Waals surface area contributed by atoms with Gasteiger partial charge in [0.2, 0.25) is 0 Å². The zero-order valence-corrected chi connectivity index (χ0v) is 11.1. The first-order valence-electron chi connectivity index (χ1n) is 6.57. The fourth-order valence-electron chi connectivity index (χ4n) is 2.94. The molecule has 0 radical (unpaired) electrons. The zero-order valence-electron chi connectivity index (χ0n) is 11.1. The molecule has 1 atom stereocenters. The maximum Gasteiger partial charge on any atom is 0.161 e. The minimum absolute atomic E-state index is 0.380. The molecule has 0 aliphatic heterocycles. The summed E-state index contributed by atoms with van der Waals surface area (Å²) >= 11 is 0. The Kier molecular flexibility index (Phi) is 4.05. The Labute approximate surface area is 103 Å². The summed E-state index contributed by atoms with van der Waals surface area (Å²) in [6, 6.07) is 0.380. The van der Waals surface area contributed by atoms with Gasteiger partial charge >= 0.3 is 0 Å². The van der Waals surface area contributed by atoms with Crippen LogP contribution in [0.4, 0.5) is 0 Å². The van der Waals surface area contributed by atoms with Crippen LogP contribution in [-0.2, 0) is 7.05 Å². The standard InChI is InChI=1S/C13H23N3O/c1-4-14-12(10-7-5-6-8-10)13-11(17-3)9-15-16(13)2/h9-10,12,14H,4-8H2,1-3H3. The molecule has 1 heterocycles. The second-order valence-electron chi connectivity index (χ2n) is 4.80. The van der Waals surface area contributed by atoms with Crippen molar-refractivity contribution >= 4 is 0 Å². The van der Waals surface area contributed by atoms with Gasteiger partial charge in [0.1, 0.15) is 0 Å². The van der Waals surface area contributed by atoms with Crippen LogP contribution in [0.5, 0.6) is 5.75 Å². The van der Waals surface area contributed by atoms with E-state index in [1.807, 2.05) is 17.9 Å². The summed E-state index contributed by atoms with van der Waals surface area (Å²) in [6.07, 6.45) is 7.14. The number of hydrogen-bond donors (Lipinski definition) is 1. The zero-order chi connectivity index (χ0) is 12.3. The Morgan fingerprint density at radius 1 is 1.53 bits per heavy atom. The second kappa shape index (κ2) is 5.54. The molecule has 1 aliphatic rings. The second-order valence-corrected chi connectivity index (χ2v) is 4.80. The summed E-state index contributed by atoms with van der Waals surface area (Å²) < 4.78 is 7.38. The molecular weight excluding hydrogens is 214 g/mol. The third kappa shape index (κ3) is 2.46. The van der Waals surface area contributed by atoms with Crippen molar-refractivity contribution in [3.63, 3.8) is 0 Å². The van der Waals surface area contributed by atoms with Crippen LogP contribution in [-0.4, -0.2) is 23.4 Å². The van der Waals surface area contributed by atoms with E-state index in [1.54, 1.807) is 7.11 Å². The molecule has 1 fully saturated rings. The van der Waals surface area contributed by atoms with Crippen LogP contribution in [0.15, 0.2) is 6.20 Å². The first-order valence-corrected chi connectivity index (χ1v) is 6.57. The van der Waals surface area contributed by atoms with Gasteiger partial charge in [-0.3, -0.25) is 4.68 Å².